The number of rotatable bonds is 3. The lowest BCUT2D eigenvalue weighted by atomic mass is 9.84. The predicted octanol–water partition coefficient (Wildman–Crippen LogP) is 4.49. The fraction of sp³-hybridized carbons (Fsp3) is 0.526. The van der Waals surface area contributed by atoms with Gasteiger partial charge in [0.1, 0.15) is 12.1 Å². The van der Waals surface area contributed by atoms with Crippen molar-refractivity contribution in [2.75, 3.05) is 11.9 Å². The van der Waals surface area contributed by atoms with Crippen molar-refractivity contribution in [1.29, 1.82) is 0 Å². The second-order valence-electron chi connectivity index (χ2n) is 7.32. The molecule has 2 aliphatic rings. The smallest absolute Gasteiger partial charge is 0.323 e. The van der Waals surface area contributed by atoms with E-state index in [-0.39, 0.29) is 12.5 Å². The lowest BCUT2D eigenvalue weighted by molar-refractivity contribution is -0.134. The highest BCUT2D eigenvalue weighted by Gasteiger charge is 2.50. The largest absolute Gasteiger partial charge is 0.325 e. The molecule has 6 nitrogen and oxygen atoms in total. The van der Waals surface area contributed by atoms with Crippen LogP contribution in [-0.4, -0.2) is 34.8 Å². The van der Waals surface area contributed by atoms with Gasteiger partial charge in [0.15, 0.2) is 0 Å². The van der Waals surface area contributed by atoms with Crippen LogP contribution in [0.1, 0.15) is 50.5 Å². The van der Waals surface area contributed by atoms with Gasteiger partial charge >= 0.3 is 6.03 Å². The summed E-state index contributed by atoms with van der Waals surface area (Å²) in [6.07, 6.45) is 6.42. The van der Waals surface area contributed by atoms with Crippen LogP contribution in [0.2, 0.25) is 0 Å². The zero-order valence-electron chi connectivity index (χ0n) is 15.2. The summed E-state index contributed by atoms with van der Waals surface area (Å²) in [5.41, 5.74) is 0.786. The lowest BCUT2D eigenvalue weighted by Gasteiger charge is -2.28. The van der Waals surface area contributed by atoms with Crippen molar-refractivity contribution in [3.05, 3.63) is 26.6 Å². The summed E-state index contributed by atoms with van der Waals surface area (Å²) in [5.74, 6) is -0.682. The fourth-order valence-corrected chi connectivity index (χ4v) is 5.42. The summed E-state index contributed by atoms with van der Waals surface area (Å²) in [6.45, 7) is 1.65. The SMILES string of the molecule is Cc1cc(Br)c(NC(=O)CN2C(=O)NC3(CCCCCCC3)C2=O)c(Br)c1. The Labute approximate surface area is 175 Å². The molecule has 2 N–H and O–H groups in total. The minimum absolute atomic E-state index is 0.272. The van der Waals surface area contributed by atoms with Gasteiger partial charge in [-0.25, -0.2) is 4.79 Å². The maximum absolute atomic E-state index is 13.0. The number of carbonyl (C=O) groups is 3. The molecule has 1 heterocycles. The number of anilines is 1. The van der Waals surface area contributed by atoms with Gasteiger partial charge in [-0.05, 0) is 69.3 Å². The Hall–Kier alpha value is -1.41. The second-order valence-corrected chi connectivity index (χ2v) is 9.03. The maximum Gasteiger partial charge on any atom is 0.325 e. The van der Waals surface area contributed by atoms with E-state index in [1.54, 1.807) is 0 Å². The van der Waals surface area contributed by atoms with Gasteiger partial charge in [0.05, 0.1) is 5.69 Å². The molecular formula is C19H23Br2N3O3. The van der Waals surface area contributed by atoms with Crippen molar-refractivity contribution >= 4 is 55.4 Å². The van der Waals surface area contributed by atoms with Crippen LogP contribution in [0.3, 0.4) is 0 Å². The first kappa shape index (κ1) is 20.3. The predicted molar refractivity (Wildman–Crippen MR) is 111 cm³/mol. The number of hydrogen-bond acceptors (Lipinski definition) is 3. The summed E-state index contributed by atoms with van der Waals surface area (Å²) in [5, 5.41) is 5.66. The molecule has 1 aromatic rings. The molecule has 4 amide bonds. The van der Waals surface area contributed by atoms with Crippen LogP contribution in [0, 0.1) is 6.92 Å². The third-order valence-electron chi connectivity index (χ3n) is 5.21. The normalized spacial score (nSPS) is 19.6. The highest BCUT2D eigenvalue weighted by Crippen LogP contribution is 2.34. The minimum Gasteiger partial charge on any atom is -0.323 e. The second kappa shape index (κ2) is 8.31. The number of nitrogens with one attached hydrogen (secondary N) is 2. The number of hydrogen-bond donors (Lipinski definition) is 2. The number of carbonyl (C=O) groups excluding carboxylic acids is 3. The van der Waals surface area contributed by atoms with Gasteiger partial charge in [-0.2, -0.15) is 0 Å². The summed E-state index contributed by atoms with van der Waals surface area (Å²) in [7, 11) is 0. The third-order valence-corrected chi connectivity index (χ3v) is 6.46. The van der Waals surface area contributed by atoms with Crippen LogP contribution in [-0.2, 0) is 9.59 Å². The van der Waals surface area contributed by atoms with Crippen molar-refractivity contribution in [2.45, 2.75) is 57.4 Å². The van der Waals surface area contributed by atoms with Gasteiger partial charge in [0.25, 0.3) is 5.91 Å². The number of aryl methyl sites for hydroxylation is 1. The van der Waals surface area contributed by atoms with E-state index in [0.29, 0.717) is 18.5 Å². The Morgan fingerprint density at radius 1 is 1.11 bits per heavy atom. The first-order valence-electron chi connectivity index (χ1n) is 9.22. The number of imide groups is 1. The minimum atomic E-state index is -0.831. The van der Waals surface area contributed by atoms with E-state index in [0.717, 1.165) is 45.1 Å². The van der Waals surface area contributed by atoms with E-state index in [2.05, 4.69) is 42.5 Å². The summed E-state index contributed by atoms with van der Waals surface area (Å²) in [6, 6.07) is 3.30. The quantitative estimate of drug-likeness (QED) is 0.600. The van der Waals surface area contributed by atoms with Gasteiger partial charge in [-0.1, -0.05) is 32.1 Å². The van der Waals surface area contributed by atoms with E-state index in [4.69, 9.17) is 0 Å². The van der Waals surface area contributed by atoms with E-state index >= 15 is 0 Å². The molecule has 1 saturated heterocycles. The lowest BCUT2D eigenvalue weighted by Crippen LogP contribution is -2.47. The Bertz CT molecular complexity index is 750. The zero-order chi connectivity index (χ0) is 19.6. The van der Waals surface area contributed by atoms with Crippen LogP contribution in [0.25, 0.3) is 0 Å². The molecular weight excluding hydrogens is 478 g/mol. The average molecular weight is 501 g/mol. The number of benzene rings is 1. The van der Waals surface area contributed by atoms with Gasteiger partial charge in [0.2, 0.25) is 5.91 Å². The molecule has 1 aromatic carbocycles. The average Bonchev–Trinajstić information content (AvgIpc) is 2.79. The molecule has 0 atom stereocenters. The molecule has 0 aromatic heterocycles. The molecule has 1 aliphatic heterocycles. The first-order valence-corrected chi connectivity index (χ1v) is 10.8. The topological polar surface area (TPSA) is 78.5 Å². The monoisotopic (exact) mass is 499 g/mol. The van der Waals surface area contributed by atoms with Crippen molar-refractivity contribution in [3.63, 3.8) is 0 Å². The Balaban J connectivity index is 1.71. The van der Waals surface area contributed by atoms with Crippen molar-refractivity contribution in [1.82, 2.24) is 10.2 Å². The molecule has 2 fully saturated rings. The fourth-order valence-electron chi connectivity index (χ4n) is 3.81. The number of urea groups is 1. The van der Waals surface area contributed by atoms with Crippen molar-refractivity contribution in [2.24, 2.45) is 0 Å². The maximum atomic E-state index is 13.0. The Kier molecular flexibility index (Phi) is 6.25. The van der Waals surface area contributed by atoms with Crippen molar-refractivity contribution < 1.29 is 14.4 Å². The van der Waals surface area contributed by atoms with Crippen LogP contribution in [0.15, 0.2) is 21.1 Å². The van der Waals surface area contributed by atoms with Crippen LogP contribution >= 0.6 is 31.9 Å². The number of amides is 4. The van der Waals surface area contributed by atoms with E-state index in [1.165, 1.54) is 6.42 Å². The standard InChI is InChI=1S/C19H23Br2N3O3/c1-12-9-13(20)16(14(21)10-12)22-15(25)11-24-17(26)19(23-18(24)27)7-5-3-2-4-6-8-19/h9-10H,2-8,11H2,1H3,(H,22,25)(H,23,27). The van der Waals surface area contributed by atoms with Crippen molar-refractivity contribution in [3.8, 4) is 0 Å². The van der Waals surface area contributed by atoms with Gasteiger partial charge < -0.3 is 10.6 Å². The molecule has 8 heteroatoms. The highest BCUT2D eigenvalue weighted by molar-refractivity contribution is 9.11. The van der Waals surface area contributed by atoms with Crippen LogP contribution < -0.4 is 10.6 Å². The number of nitrogens with zero attached hydrogens (tertiary/aromatic N) is 1. The van der Waals surface area contributed by atoms with E-state index in [9.17, 15) is 14.4 Å². The van der Waals surface area contributed by atoms with Gasteiger partial charge in [0, 0.05) is 8.95 Å². The Morgan fingerprint density at radius 2 is 1.67 bits per heavy atom. The number of halogens is 2. The molecule has 1 aliphatic carbocycles. The summed E-state index contributed by atoms with van der Waals surface area (Å²) in [4.78, 5) is 39.0. The molecule has 1 spiro atoms. The van der Waals surface area contributed by atoms with Gasteiger partial charge in [-0.3, -0.25) is 14.5 Å². The molecule has 27 heavy (non-hydrogen) atoms. The zero-order valence-corrected chi connectivity index (χ0v) is 18.4. The molecule has 3 rings (SSSR count). The highest BCUT2D eigenvalue weighted by atomic mass is 79.9. The van der Waals surface area contributed by atoms with E-state index < -0.39 is 17.5 Å². The molecule has 0 radical (unpaired) electrons. The molecule has 1 saturated carbocycles. The van der Waals surface area contributed by atoms with Crippen LogP contribution in [0.5, 0.6) is 0 Å². The molecule has 0 unspecified atom stereocenters. The third kappa shape index (κ3) is 4.37. The molecule has 146 valence electrons. The Morgan fingerprint density at radius 3 is 2.26 bits per heavy atom. The summed E-state index contributed by atoms with van der Waals surface area (Å²) < 4.78 is 1.47. The first-order chi connectivity index (χ1) is 12.8. The summed E-state index contributed by atoms with van der Waals surface area (Å²) >= 11 is 6.86. The molecule has 0 bridgehead atoms. The van der Waals surface area contributed by atoms with Gasteiger partial charge in [-0.15, -0.1) is 0 Å². The van der Waals surface area contributed by atoms with Crippen LogP contribution in [0.4, 0.5) is 10.5 Å². The van der Waals surface area contributed by atoms with E-state index in [1.807, 2.05) is 19.1 Å².